The second-order valence-corrected chi connectivity index (χ2v) is 7.57. The van der Waals surface area contributed by atoms with Gasteiger partial charge in [0.1, 0.15) is 0 Å². The molecule has 2 saturated heterocycles. The molecule has 154 valence electrons. The molecular weight excluding hydrogens is 368 g/mol. The number of ether oxygens (including phenoxy) is 1. The number of anilines is 3. The molecule has 0 aliphatic carbocycles. The van der Waals surface area contributed by atoms with E-state index in [0.717, 1.165) is 62.3 Å². The van der Waals surface area contributed by atoms with Crippen LogP contribution < -0.4 is 14.7 Å². The molecule has 0 radical (unpaired) electrons. The van der Waals surface area contributed by atoms with E-state index in [-0.39, 0.29) is 5.91 Å². The van der Waals surface area contributed by atoms with Gasteiger partial charge in [0.25, 0.3) is 5.91 Å². The fraction of sp³-hybridized carbons (Fsp3) is 0.476. The van der Waals surface area contributed by atoms with Crippen LogP contribution in [0.3, 0.4) is 0 Å². The smallest absolute Gasteiger partial charge is 0.253 e. The number of carbonyl (C=O) groups is 1. The Morgan fingerprint density at radius 3 is 1.90 bits per heavy atom. The lowest BCUT2D eigenvalue weighted by atomic mass is 10.1. The number of hydrogen-bond donors (Lipinski definition) is 0. The summed E-state index contributed by atoms with van der Waals surface area (Å²) in [5.41, 5.74) is 1.82. The first kappa shape index (κ1) is 19.4. The van der Waals surface area contributed by atoms with Gasteiger partial charge in [0.05, 0.1) is 13.2 Å². The van der Waals surface area contributed by atoms with Crippen LogP contribution in [0.4, 0.5) is 17.3 Å². The highest BCUT2D eigenvalue weighted by Gasteiger charge is 2.23. The van der Waals surface area contributed by atoms with E-state index in [2.05, 4.69) is 20.0 Å². The van der Waals surface area contributed by atoms with Crippen molar-refractivity contribution in [3.63, 3.8) is 0 Å². The molecule has 1 aromatic heterocycles. The summed E-state index contributed by atoms with van der Waals surface area (Å²) in [6.45, 7) is 6.05. The Morgan fingerprint density at radius 1 is 0.828 bits per heavy atom. The van der Waals surface area contributed by atoms with Crippen molar-refractivity contribution < 1.29 is 9.53 Å². The van der Waals surface area contributed by atoms with Crippen LogP contribution in [0.1, 0.15) is 10.4 Å². The highest BCUT2D eigenvalue weighted by Crippen LogP contribution is 2.19. The van der Waals surface area contributed by atoms with E-state index in [1.807, 2.05) is 60.3 Å². The molecule has 8 heteroatoms. The van der Waals surface area contributed by atoms with E-state index in [4.69, 9.17) is 4.74 Å². The Bertz CT molecular complexity index is 810. The van der Waals surface area contributed by atoms with E-state index in [1.54, 1.807) is 0 Å². The molecule has 2 aliphatic rings. The van der Waals surface area contributed by atoms with Crippen molar-refractivity contribution in [3.05, 3.63) is 42.0 Å². The zero-order chi connectivity index (χ0) is 20.2. The van der Waals surface area contributed by atoms with Crippen molar-refractivity contribution in [1.82, 2.24) is 15.1 Å². The number of nitrogens with zero attached hydrogens (tertiary/aromatic N) is 6. The molecule has 0 spiro atoms. The molecule has 8 nitrogen and oxygen atoms in total. The van der Waals surface area contributed by atoms with E-state index in [0.29, 0.717) is 13.1 Å². The topological polar surface area (TPSA) is 65.0 Å². The lowest BCUT2D eigenvalue weighted by Crippen LogP contribution is -2.49. The number of amides is 1. The first-order valence-corrected chi connectivity index (χ1v) is 10.1. The Labute approximate surface area is 171 Å². The quantitative estimate of drug-likeness (QED) is 0.773. The highest BCUT2D eigenvalue weighted by molar-refractivity contribution is 5.94. The summed E-state index contributed by atoms with van der Waals surface area (Å²) in [5, 5.41) is 8.81. The standard InChI is InChI=1S/C21H28N6O2/c1-24(2)18-5-3-17(4-6-18)21(28)27-11-9-25(10-12-27)19-7-8-20(23-22-19)26-13-15-29-16-14-26/h3-8H,9-16H2,1-2H3. The van der Waals surface area contributed by atoms with Gasteiger partial charge in [0.2, 0.25) is 0 Å². The minimum atomic E-state index is 0.0868. The second-order valence-electron chi connectivity index (χ2n) is 7.57. The monoisotopic (exact) mass is 396 g/mol. The van der Waals surface area contributed by atoms with Gasteiger partial charge in [0.15, 0.2) is 11.6 Å². The first-order valence-electron chi connectivity index (χ1n) is 10.1. The molecule has 1 amide bonds. The van der Waals surface area contributed by atoms with Gasteiger partial charge in [-0.15, -0.1) is 10.2 Å². The Balaban J connectivity index is 1.33. The molecule has 0 N–H and O–H groups in total. The maximum Gasteiger partial charge on any atom is 0.253 e. The zero-order valence-corrected chi connectivity index (χ0v) is 17.1. The van der Waals surface area contributed by atoms with E-state index < -0.39 is 0 Å². The van der Waals surface area contributed by atoms with Crippen LogP contribution >= 0.6 is 0 Å². The van der Waals surface area contributed by atoms with Crippen LogP contribution in [-0.2, 0) is 4.74 Å². The number of piperazine rings is 1. The molecule has 2 fully saturated rings. The van der Waals surface area contributed by atoms with E-state index >= 15 is 0 Å². The summed E-state index contributed by atoms with van der Waals surface area (Å²) < 4.78 is 5.39. The number of rotatable bonds is 4. The van der Waals surface area contributed by atoms with Crippen LogP contribution in [0.25, 0.3) is 0 Å². The second kappa shape index (κ2) is 8.65. The van der Waals surface area contributed by atoms with Crippen LogP contribution in [-0.4, -0.2) is 87.6 Å². The van der Waals surface area contributed by atoms with Crippen molar-refractivity contribution >= 4 is 23.2 Å². The number of hydrogen-bond acceptors (Lipinski definition) is 7. The van der Waals surface area contributed by atoms with Gasteiger partial charge in [-0.2, -0.15) is 0 Å². The maximum absolute atomic E-state index is 12.8. The minimum absolute atomic E-state index is 0.0868. The minimum Gasteiger partial charge on any atom is -0.378 e. The molecular formula is C21H28N6O2. The number of morpholine rings is 1. The lowest BCUT2D eigenvalue weighted by Gasteiger charge is -2.35. The fourth-order valence-electron chi connectivity index (χ4n) is 3.67. The van der Waals surface area contributed by atoms with Crippen molar-refractivity contribution in [1.29, 1.82) is 0 Å². The average Bonchev–Trinajstić information content (AvgIpc) is 2.79. The third-order valence-electron chi connectivity index (χ3n) is 5.49. The van der Waals surface area contributed by atoms with Crippen molar-refractivity contribution in [3.8, 4) is 0 Å². The molecule has 29 heavy (non-hydrogen) atoms. The molecule has 1 aromatic carbocycles. The van der Waals surface area contributed by atoms with Crippen LogP contribution in [0.5, 0.6) is 0 Å². The molecule has 3 heterocycles. The van der Waals surface area contributed by atoms with Crippen LogP contribution in [0, 0.1) is 0 Å². The molecule has 2 aromatic rings. The van der Waals surface area contributed by atoms with Crippen molar-refractivity contribution in [2.75, 3.05) is 81.3 Å². The lowest BCUT2D eigenvalue weighted by molar-refractivity contribution is 0.0746. The van der Waals surface area contributed by atoms with Crippen molar-refractivity contribution in [2.45, 2.75) is 0 Å². The Morgan fingerprint density at radius 2 is 1.38 bits per heavy atom. The molecule has 2 aliphatic heterocycles. The SMILES string of the molecule is CN(C)c1ccc(C(=O)N2CCN(c3ccc(N4CCOCC4)nn3)CC2)cc1. The van der Waals surface area contributed by atoms with Gasteiger partial charge in [-0.1, -0.05) is 0 Å². The van der Waals surface area contributed by atoms with Gasteiger partial charge in [0, 0.05) is 64.6 Å². The largest absolute Gasteiger partial charge is 0.378 e. The molecule has 0 unspecified atom stereocenters. The molecule has 0 bridgehead atoms. The summed E-state index contributed by atoms with van der Waals surface area (Å²) in [5.74, 6) is 1.85. The maximum atomic E-state index is 12.8. The number of benzene rings is 1. The normalized spacial score (nSPS) is 17.4. The van der Waals surface area contributed by atoms with Gasteiger partial charge in [-0.3, -0.25) is 4.79 Å². The Kier molecular flexibility index (Phi) is 5.80. The van der Waals surface area contributed by atoms with Gasteiger partial charge in [-0.25, -0.2) is 0 Å². The van der Waals surface area contributed by atoms with Gasteiger partial charge >= 0.3 is 0 Å². The summed E-state index contributed by atoms with van der Waals surface area (Å²) >= 11 is 0. The summed E-state index contributed by atoms with van der Waals surface area (Å²) in [7, 11) is 3.98. The average molecular weight is 396 g/mol. The number of carbonyl (C=O) groups excluding carboxylic acids is 1. The van der Waals surface area contributed by atoms with E-state index in [1.165, 1.54) is 0 Å². The third kappa shape index (κ3) is 4.42. The predicted molar refractivity (Wildman–Crippen MR) is 114 cm³/mol. The van der Waals surface area contributed by atoms with Crippen LogP contribution in [0.2, 0.25) is 0 Å². The van der Waals surface area contributed by atoms with Crippen LogP contribution in [0.15, 0.2) is 36.4 Å². The summed E-state index contributed by atoms with van der Waals surface area (Å²) in [6.07, 6.45) is 0. The Hall–Kier alpha value is -2.87. The summed E-state index contributed by atoms with van der Waals surface area (Å²) in [4.78, 5) is 21.1. The van der Waals surface area contributed by atoms with E-state index in [9.17, 15) is 4.79 Å². The predicted octanol–water partition coefficient (Wildman–Crippen LogP) is 1.34. The molecule has 0 saturated carbocycles. The first-order chi connectivity index (χ1) is 14.1. The summed E-state index contributed by atoms with van der Waals surface area (Å²) in [6, 6.07) is 11.8. The van der Waals surface area contributed by atoms with Gasteiger partial charge < -0.3 is 24.3 Å². The molecule has 0 atom stereocenters. The number of aromatic nitrogens is 2. The van der Waals surface area contributed by atoms with Crippen molar-refractivity contribution in [2.24, 2.45) is 0 Å². The fourth-order valence-corrected chi connectivity index (χ4v) is 3.67. The highest BCUT2D eigenvalue weighted by atomic mass is 16.5. The third-order valence-corrected chi connectivity index (χ3v) is 5.49. The molecule has 4 rings (SSSR count). The zero-order valence-electron chi connectivity index (χ0n) is 17.1. The van der Waals surface area contributed by atoms with Gasteiger partial charge in [-0.05, 0) is 36.4 Å².